The molecule has 0 aliphatic heterocycles. The Kier molecular flexibility index (Phi) is 10.7. The number of halogens is 1. The summed E-state index contributed by atoms with van der Waals surface area (Å²) in [7, 11) is 0. The van der Waals surface area contributed by atoms with Gasteiger partial charge in [0, 0.05) is 24.0 Å². The molecule has 1 aliphatic rings. The molecule has 5 heteroatoms. The molecule has 0 amide bonds. The lowest BCUT2D eigenvalue weighted by atomic mass is 9.97. The second kappa shape index (κ2) is 13.3. The summed E-state index contributed by atoms with van der Waals surface area (Å²) in [6.45, 7) is 6.57. The Bertz CT molecular complexity index is 951. The number of hydrogen-bond donors (Lipinski definition) is 2. The number of anilines is 1. The summed E-state index contributed by atoms with van der Waals surface area (Å²) in [5, 5.41) is 5.95. The summed E-state index contributed by atoms with van der Waals surface area (Å²) in [5.74, 6) is 5.98. The first-order chi connectivity index (χ1) is 14.7. The Hall–Kier alpha value is -2.06. The highest BCUT2D eigenvalue weighted by atomic mass is 35.5. The van der Waals surface area contributed by atoms with Crippen LogP contribution in [0.3, 0.4) is 0 Å². The van der Waals surface area contributed by atoms with Crippen LogP contribution in [0.4, 0.5) is 5.69 Å². The highest BCUT2D eigenvalue weighted by molar-refractivity contribution is 7.18. The topological polar surface area (TPSA) is 50.9 Å². The van der Waals surface area contributed by atoms with Crippen LogP contribution in [-0.2, 0) is 6.54 Å². The van der Waals surface area contributed by atoms with E-state index >= 15 is 0 Å². The van der Waals surface area contributed by atoms with Gasteiger partial charge in [0.2, 0.25) is 0 Å². The number of nitrogens with zero attached hydrogens (tertiary/aromatic N) is 1. The van der Waals surface area contributed by atoms with Crippen LogP contribution in [0.2, 0.25) is 5.15 Å². The minimum absolute atomic E-state index is 0.482. The Morgan fingerprint density at radius 2 is 1.87 bits per heavy atom. The average molecular weight is 442 g/mol. The van der Waals surface area contributed by atoms with E-state index in [2.05, 4.69) is 34.3 Å². The molecule has 2 heterocycles. The maximum Gasteiger partial charge on any atom is 0.131 e. The maximum atomic E-state index is 6.14. The number of benzene rings is 1. The van der Waals surface area contributed by atoms with Gasteiger partial charge in [0.05, 0.1) is 16.0 Å². The highest BCUT2D eigenvalue weighted by Gasteiger charge is 2.10. The van der Waals surface area contributed by atoms with Gasteiger partial charge < -0.3 is 11.1 Å². The minimum atomic E-state index is 0.482. The third-order valence-corrected chi connectivity index (χ3v) is 5.92. The molecule has 0 spiro atoms. The molecule has 0 radical (unpaired) electrons. The molecule has 0 bridgehead atoms. The first-order valence-electron chi connectivity index (χ1n) is 10.7. The van der Waals surface area contributed by atoms with Crippen LogP contribution in [0, 0.1) is 11.8 Å². The van der Waals surface area contributed by atoms with E-state index in [-0.39, 0.29) is 0 Å². The number of pyridine rings is 1. The van der Waals surface area contributed by atoms with Crippen molar-refractivity contribution in [3.63, 3.8) is 0 Å². The van der Waals surface area contributed by atoms with Crippen LogP contribution in [0.5, 0.6) is 0 Å². The lowest BCUT2D eigenvalue weighted by molar-refractivity contribution is 0.441. The third-order valence-electron chi connectivity index (χ3n) is 4.73. The van der Waals surface area contributed by atoms with Crippen LogP contribution in [-0.4, -0.2) is 11.0 Å². The van der Waals surface area contributed by atoms with Crippen molar-refractivity contribution in [3.8, 4) is 11.8 Å². The minimum Gasteiger partial charge on any atom is -0.380 e. The number of nitrogens with one attached hydrogen (secondary N) is 1. The molecule has 4 rings (SSSR count). The zero-order chi connectivity index (χ0) is 21.8. The lowest BCUT2D eigenvalue weighted by Crippen LogP contribution is -2.22. The maximum absolute atomic E-state index is 6.14. The summed E-state index contributed by atoms with van der Waals surface area (Å²) in [6.07, 6.45) is 6.66. The Morgan fingerprint density at radius 3 is 2.47 bits per heavy atom. The monoisotopic (exact) mass is 441 g/mol. The molecule has 3 nitrogen and oxygen atoms in total. The lowest BCUT2D eigenvalue weighted by Gasteiger charge is -2.15. The number of fused-ring (bicyclic) bond motifs is 1. The van der Waals surface area contributed by atoms with Gasteiger partial charge in [0.1, 0.15) is 10.7 Å². The summed E-state index contributed by atoms with van der Waals surface area (Å²) in [4.78, 5) is 4.40. The fourth-order valence-electron chi connectivity index (χ4n) is 3.26. The van der Waals surface area contributed by atoms with Crippen molar-refractivity contribution in [1.29, 1.82) is 0 Å². The van der Waals surface area contributed by atoms with Gasteiger partial charge >= 0.3 is 0 Å². The first kappa shape index (κ1) is 24.2. The number of aromatic nitrogens is 1. The van der Waals surface area contributed by atoms with Gasteiger partial charge in [0.15, 0.2) is 0 Å². The molecule has 1 fully saturated rings. The van der Waals surface area contributed by atoms with Gasteiger partial charge in [-0.15, -0.1) is 17.3 Å². The standard InChI is InChI=1S/C17H13ClN2S.C6H13N.C2H6/c1-2-6-13-11-21-17-14(9-15(18)20-16(13)17)19-10-12-7-4-3-5-8-12;7-6-4-2-1-3-5-6;1-2/h3-5,7-9,11H,10H2,1H3,(H,19,20);6H,1-5,7H2;1-2H3. The van der Waals surface area contributed by atoms with E-state index in [4.69, 9.17) is 17.3 Å². The van der Waals surface area contributed by atoms with Crippen molar-refractivity contribution >= 4 is 38.8 Å². The molecule has 30 heavy (non-hydrogen) atoms. The van der Waals surface area contributed by atoms with Gasteiger partial charge in [-0.05, 0) is 25.3 Å². The van der Waals surface area contributed by atoms with Crippen molar-refractivity contribution in [3.05, 3.63) is 58.1 Å². The molecule has 160 valence electrons. The smallest absolute Gasteiger partial charge is 0.131 e. The summed E-state index contributed by atoms with van der Waals surface area (Å²) in [5.41, 5.74) is 9.67. The molecule has 2 aromatic heterocycles. The number of thiophene rings is 1. The van der Waals surface area contributed by atoms with Crippen LogP contribution in [0.25, 0.3) is 10.2 Å². The van der Waals surface area contributed by atoms with E-state index in [9.17, 15) is 0 Å². The summed E-state index contributed by atoms with van der Waals surface area (Å²) in [6, 6.07) is 12.7. The van der Waals surface area contributed by atoms with Gasteiger partial charge in [-0.25, -0.2) is 4.98 Å². The van der Waals surface area contributed by atoms with Crippen molar-refractivity contribution in [2.75, 3.05) is 5.32 Å². The Labute approximate surface area is 190 Å². The molecule has 1 aliphatic carbocycles. The predicted molar refractivity (Wildman–Crippen MR) is 133 cm³/mol. The normalized spacial score (nSPS) is 13.2. The summed E-state index contributed by atoms with van der Waals surface area (Å²) < 4.78 is 1.09. The quantitative estimate of drug-likeness (QED) is 0.332. The van der Waals surface area contributed by atoms with E-state index < -0.39 is 0 Å². The molecule has 1 aromatic carbocycles. The predicted octanol–water partition coefficient (Wildman–Crippen LogP) is 7.24. The number of hydrogen-bond acceptors (Lipinski definition) is 4. The molecule has 0 atom stereocenters. The van der Waals surface area contributed by atoms with Gasteiger partial charge in [0.25, 0.3) is 0 Å². The Balaban J connectivity index is 0.000000299. The molecule has 0 unspecified atom stereocenters. The zero-order valence-corrected chi connectivity index (χ0v) is 19.7. The highest BCUT2D eigenvalue weighted by Crippen LogP contribution is 2.33. The van der Waals surface area contributed by atoms with Gasteiger partial charge in [-0.1, -0.05) is 81.0 Å². The van der Waals surface area contributed by atoms with E-state index in [0.717, 1.165) is 28.0 Å². The number of rotatable bonds is 3. The largest absolute Gasteiger partial charge is 0.380 e. The average Bonchev–Trinajstić information content (AvgIpc) is 3.18. The number of nitrogens with two attached hydrogens (primary N) is 1. The van der Waals surface area contributed by atoms with Gasteiger partial charge in [-0.3, -0.25) is 0 Å². The van der Waals surface area contributed by atoms with E-state index in [1.54, 1.807) is 11.3 Å². The van der Waals surface area contributed by atoms with E-state index in [1.165, 1.54) is 37.7 Å². The SMILES string of the molecule is CC.CC#Cc1csc2c(NCc3ccccc3)cc(Cl)nc12.NC1CCCCC1. The van der Waals surface area contributed by atoms with E-state index in [0.29, 0.717) is 11.2 Å². The first-order valence-corrected chi connectivity index (χ1v) is 12.0. The van der Waals surface area contributed by atoms with E-state index in [1.807, 2.05) is 50.4 Å². The van der Waals surface area contributed by atoms with Crippen LogP contribution >= 0.6 is 22.9 Å². The van der Waals surface area contributed by atoms with Crippen LogP contribution < -0.4 is 11.1 Å². The molecule has 1 saturated carbocycles. The fourth-order valence-corrected chi connectivity index (χ4v) is 4.38. The zero-order valence-electron chi connectivity index (χ0n) is 18.2. The second-order valence-corrected chi connectivity index (χ2v) is 8.20. The molecule has 3 N–H and O–H groups in total. The van der Waals surface area contributed by atoms with Gasteiger partial charge in [-0.2, -0.15) is 0 Å². The van der Waals surface area contributed by atoms with Crippen LogP contribution in [0.15, 0.2) is 41.8 Å². The summed E-state index contributed by atoms with van der Waals surface area (Å²) >= 11 is 7.78. The fraction of sp³-hybridized carbons (Fsp3) is 0.400. The van der Waals surface area contributed by atoms with Crippen LogP contribution in [0.1, 0.15) is 64.0 Å². The molecular formula is C25H32ClN3S. The van der Waals surface area contributed by atoms with Crippen molar-refractivity contribution in [1.82, 2.24) is 4.98 Å². The Morgan fingerprint density at radius 1 is 1.17 bits per heavy atom. The van der Waals surface area contributed by atoms with Crippen molar-refractivity contribution in [2.24, 2.45) is 5.73 Å². The molecular weight excluding hydrogens is 410 g/mol. The second-order valence-electron chi connectivity index (χ2n) is 6.93. The third kappa shape index (κ3) is 7.32. The molecule has 3 aromatic rings. The van der Waals surface area contributed by atoms with Crippen molar-refractivity contribution in [2.45, 2.75) is 65.5 Å². The van der Waals surface area contributed by atoms with Crippen molar-refractivity contribution < 1.29 is 0 Å². The molecule has 0 saturated heterocycles.